The van der Waals surface area contributed by atoms with Gasteiger partial charge in [-0.3, -0.25) is 13.9 Å². The van der Waals surface area contributed by atoms with Gasteiger partial charge >= 0.3 is 0 Å². The number of carbonyl (C=O) groups is 2. The van der Waals surface area contributed by atoms with Gasteiger partial charge in [-0.25, -0.2) is 8.42 Å². The van der Waals surface area contributed by atoms with E-state index in [1.165, 1.54) is 23.1 Å². The van der Waals surface area contributed by atoms with Crippen molar-refractivity contribution in [2.24, 2.45) is 0 Å². The molecule has 2 amide bonds. The van der Waals surface area contributed by atoms with Gasteiger partial charge in [-0.2, -0.15) is 0 Å². The molecule has 7 nitrogen and oxygen atoms in total. The molecule has 208 valence electrons. The van der Waals surface area contributed by atoms with Crippen LogP contribution < -0.4 is 9.62 Å². The molecule has 0 bridgehead atoms. The van der Waals surface area contributed by atoms with Crippen molar-refractivity contribution in [3.63, 3.8) is 0 Å². The maximum absolute atomic E-state index is 13.9. The van der Waals surface area contributed by atoms with Crippen LogP contribution in [0.15, 0.2) is 77.7 Å². The van der Waals surface area contributed by atoms with Crippen molar-refractivity contribution in [1.29, 1.82) is 0 Å². The van der Waals surface area contributed by atoms with E-state index in [0.29, 0.717) is 27.1 Å². The highest BCUT2D eigenvalue weighted by Crippen LogP contribution is 2.27. The fourth-order valence-electron chi connectivity index (χ4n) is 3.76. The molecule has 0 heterocycles. The number of hydrogen-bond acceptors (Lipinski definition) is 4. The summed E-state index contributed by atoms with van der Waals surface area (Å²) in [5, 5.41) is 3.84. The van der Waals surface area contributed by atoms with Crippen LogP contribution in [-0.2, 0) is 26.2 Å². The maximum atomic E-state index is 13.9. The lowest BCUT2D eigenvalue weighted by atomic mass is 10.1. The Balaban J connectivity index is 2.03. The van der Waals surface area contributed by atoms with Gasteiger partial charge in [0.25, 0.3) is 10.0 Å². The fraction of sp³-hybridized carbons (Fsp3) is 0.286. The zero-order valence-electron chi connectivity index (χ0n) is 21.8. The molecule has 0 radical (unpaired) electrons. The van der Waals surface area contributed by atoms with Crippen molar-refractivity contribution >= 4 is 62.3 Å². The lowest BCUT2D eigenvalue weighted by Crippen LogP contribution is -2.52. The third kappa shape index (κ3) is 7.88. The highest BCUT2D eigenvalue weighted by molar-refractivity contribution is 7.92. The number of hydrogen-bond donors (Lipinski definition) is 1. The molecule has 2 unspecified atom stereocenters. The number of nitrogens with one attached hydrogen (secondary N) is 1. The van der Waals surface area contributed by atoms with Crippen LogP contribution in [0.25, 0.3) is 0 Å². The Labute approximate surface area is 244 Å². The lowest BCUT2D eigenvalue weighted by Gasteiger charge is -2.32. The normalized spacial score (nSPS) is 12.9. The molecule has 3 rings (SSSR count). The van der Waals surface area contributed by atoms with E-state index in [1.807, 2.05) is 13.8 Å². The number of halogens is 3. The third-order valence-electron chi connectivity index (χ3n) is 6.21. The summed E-state index contributed by atoms with van der Waals surface area (Å²) in [5.74, 6) is -0.953. The zero-order chi connectivity index (χ0) is 28.7. The van der Waals surface area contributed by atoms with Crippen molar-refractivity contribution in [2.45, 2.75) is 50.7 Å². The van der Waals surface area contributed by atoms with Crippen LogP contribution in [0.2, 0.25) is 15.1 Å². The van der Waals surface area contributed by atoms with Crippen molar-refractivity contribution < 1.29 is 18.0 Å². The molecule has 0 saturated heterocycles. The summed E-state index contributed by atoms with van der Waals surface area (Å²) in [6.07, 6.45) is 0.705. The van der Waals surface area contributed by atoms with Gasteiger partial charge in [-0.05, 0) is 68.3 Å². The number of sulfonamides is 1. The minimum absolute atomic E-state index is 0.000411. The Hall–Kier alpha value is -2.78. The Morgan fingerprint density at radius 1 is 0.897 bits per heavy atom. The fourth-order valence-corrected chi connectivity index (χ4v) is 5.69. The predicted octanol–water partition coefficient (Wildman–Crippen LogP) is 6.17. The number of anilines is 1. The van der Waals surface area contributed by atoms with Crippen LogP contribution in [0, 0.1) is 0 Å². The summed E-state index contributed by atoms with van der Waals surface area (Å²) in [7, 11) is -4.17. The van der Waals surface area contributed by atoms with E-state index in [9.17, 15) is 18.0 Å². The molecule has 0 aromatic heterocycles. The topological polar surface area (TPSA) is 86.8 Å². The molecule has 3 aromatic rings. The Morgan fingerprint density at radius 3 is 2.21 bits per heavy atom. The first-order valence-corrected chi connectivity index (χ1v) is 14.9. The van der Waals surface area contributed by atoms with Crippen molar-refractivity contribution in [2.75, 3.05) is 10.8 Å². The highest BCUT2D eigenvalue weighted by atomic mass is 35.5. The molecule has 0 aliphatic rings. The molecule has 0 aliphatic carbocycles. The van der Waals surface area contributed by atoms with E-state index in [2.05, 4.69) is 5.32 Å². The first-order chi connectivity index (χ1) is 18.4. The van der Waals surface area contributed by atoms with Crippen molar-refractivity contribution in [3.05, 3.63) is 93.4 Å². The van der Waals surface area contributed by atoms with Gasteiger partial charge in [0, 0.05) is 17.6 Å². The molecule has 1 N–H and O–H groups in total. The molecule has 0 aliphatic heterocycles. The average Bonchev–Trinajstić information content (AvgIpc) is 2.92. The first kappa shape index (κ1) is 30.8. The molecule has 2 atom stereocenters. The summed E-state index contributed by atoms with van der Waals surface area (Å²) < 4.78 is 28.5. The molecule has 0 fully saturated rings. The Kier molecular flexibility index (Phi) is 10.7. The Bertz CT molecular complexity index is 1420. The van der Waals surface area contributed by atoms with Gasteiger partial charge in [0.2, 0.25) is 11.8 Å². The molecular formula is C28H30Cl3N3O4S. The summed E-state index contributed by atoms with van der Waals surface area (Å²) in [5.41, 5.74) is 0.840. The van der Waals surface area contributed by atoms with Gasteiger partial charge in [0.05, 0.1) is 20.6 Å². The predicted molar refractivity (Wildman–Crippen MR) is 157 cm³/mol. The van der Waals surface area contributed by atoms with Crippen molar-refractivity contribution in [3.8, 4) is 0 Å². The smallest absolute Gasteiger partial charge is 0.264 e. The van der Waals surface area contributed by atoms with E-state index >= 15 is 0 Å². The van der Waals surface area contributed by atoms with E-state index < -0.39 is 28.5 Å². The second-order valence-corrected chi connectivity index (χ2v) is 12.2. The second kappa shape index (κ2) is 13.5. The SMILES string of the molecule is CCC(C)NC(=O)C(C)N(Cc1ccc(Cl)c(Cl)c1)C(=O)CN(c1cccc(Cl)c1)S(=O)(=O)c1ccccc1. The Morgan fingerprint density at radius 2 is 1.59 bits per heavy atom. The van der Waals surface area contributed by atoms with E-state index in [4.69, 9.17) is 34.8 Å². The van der Waals surface area contributed by atoms with Crippen LogP contribution >= 0.6 is 34.8 Å². The third-order valence-corrected chi connectivity index (χ3v) is 8.97. The monoisotopic (exact) mass is 609 g/mol. The van der Waals surface area contributed by atoms with Crippen LogP contribution in [-0.4, -0.2) is 43.8 Å². The first-order valence-electron chi connectivity index (χ1n) is 12.3. The molecule has 0 saturated carbocycles. The van der Waals surface area contributed by atoms with Crippen molar-refractivity contribution in [1.82, 2.24) is 10.2 Å². The quantitative estimate of drug-likeness (QED) is 0.281. The second-order valence-electron chi connectivity index (χ2n) is 9.07. The van der Waals surface area contributed by atoms with Crippen LogP contribution in [0.1, 0.15) is 32.8 Å². The summed E-state index contributed by atoms with van der Waals surface area (Å²) in [6, 6.07) is 17.9. The van der Waals surface area contributed by atoms with E-state index in [0.717, 1.165) is 4.31 Å². The van der Waals surface area contributed by atoms with E-state index in [1.54, 1.807) is 61.5 Å². The molecule has 11 heteroatoms. The summed E-state index contributed by atoms with van der Waals surface area (Å²) >= 11 is 18.4. The maximum Gasteiger partial charge on any atom is 0.264 e. The van der Waals surface area contributed by atoms with Gasteiger partial charge in [0.1, 0.15) is 12.6 Å². The zero-order valence-corrected chi connectivity index (χ0v) is 24.9. The van der Waals surface area contributed by atoms with Crippen LogP contribution in [0.3, 0.4) is 0 Å². The highest BCUT2D eigenvalue weighted by Gasteiger charge is 2.33. The largest absolute Gasteiger partial charge is 0.352 e. The summed E-state index contributed by atoms with van der Waals surface area (Å²) in [4.78, 5) is 28.3. The molecule has 0 spiro atoms. The van der Waals surface area contributed by atoms with Crippen LogP contribution in [0.5, 0.6) is 0 Å². The van der Waals surface area contributed by atoms with Crippen LogP contribution in [0.4, 0.5) is 5.69 Å². The number of rotatable bonds is 11. The molecule has 39 heavy (non-hydrogen) atoms. The lowest BCUT2D eigenvalue weighted by molar-refractivity contribution is -0.139. The van der Waals surface area contributed by atoms with Gasteiger partial charge < -0.3 is 10.2 Å². The number of nitrogens with zero attached hydrogens (tertiary/aromatic N) is 2. The number of carbonyl (C=O) groups excluding carboxylic acids is 2. The standard InChI is InChI=1S/C28H30Cl3N3O4S/c1-4-19(2)32-28(36)20(3)33(17-21-13-14-25(30)26(31)15-21)27(35)18-34(23-10-8-9-22(29)16-23)39(37,38)24-11-6-5-7-12-24/h5-16,19-20H,4,17-18H2,1-3H3,(H,32,36). The number of benzene rings is 3. The van der Waals surface area contributed by atoms with E-state index in [-0.39, 0.29) is 29.1 Å². The minimum Gasteiger partial charge on any atom is -0.352 e. The average molecular weight is 611 g/mol. The van der Waals surface area contributed by atoms with Gasteiger partial charge in [-0.1, -0.05) is 72.1 Å². The molecular weight excluding hydrogens is 581 g/mol. The van der Waals surface area contributed by atoms with Gasteiger partial charge in [-0.15, -0.1) is 0 Å². The van der Waals surface area contributed by atoms with Gasteiger partial charge in [0.15, 0.2) is 0 Å². The minimum atomic E-state index is -4.17. The number of amides is 2. The summed E-state index contributed by atoms with van der Waals surface area (Å²) in [6.45, 7) is 4.83. The molecule has 3 aromatic carbocycles.